The van der Waals surface area contributed by atoms with Crippen LogP contribution in [0.1, 0.15) is 158 Å². The SMILES string of the molecule is C=Cc1c(C)c2cc3nc(c(CC(=O)O)c4[nH]c(cc5nc(cc1[nH]2)C(C)=C5CC)c(C)c4C(=O)O)[C@@H](CCC(=O)Nc1cc(-c2ccc(C(C)C)cc2)ccc1-c1ccc(-c2ccc(C(C)C)cc2)cc1)[C@@H]3C. The molecule has 2 aliphatic rings. The minimum atomic E-state index is -1.20. The topological polar surface area (TPSA) is 161 Å². The van der Waals surface area contributed by atoms with Crippen molar-refractivity contribution in [3.05, 3.63) is 177 Å². The molecular formula is C64H65N5O5. The lowest BCUT2D eigenvalue weighted by Gasteiger charge is -2.19. The summed E-state index contributed by atoms with van der Waals surface area (Å²) in [6, 6.07) is 37.7. The summed E-state index contributed by atoms with van der Waals surface area (Å²) in [6.45, 7) is 22.8. The molecule has 5 N–H and O–H groups in total. The number of benzene rings is 4. The first-order valence-electron chi connectivity index (χ1n) is 25.7. The van der Waals surface area contributed by atoms with Crippen LogP contribution in [0.15, 0.2) is 116 Å². The highest BCUT2D eigenvalue weighted by atomic mass is 16.4. The molecule has 9 rings (SSSR count). The molecule has 3 aromatic heterocycles. The molecule has 376 valence electrons. The van der Waals surface area contributed by atoms with E-state index in [1.807, 2.05) is 51.1 Å². The number of rotatable bonds is 14. The van der Waals surface area contributed by atoms with Crippen LogP contribution in [0.2, 0.25) is 0 Å². The number of carboxylic acids is 2. The van der Waals surface area contributed by atoms with Crippen molar-refractivity contribution in [1.82, 2.24) is 19.9 Å². The number of aromatic nitrogens is 4. The predicted molar refractivity (Wildman–Crippen MR) is 302 cm³/mol. The second-order valence-corrected chi connectivity index (χ2v) is 20.5. The number of aryl methyl sites for hydroxylation is 2. The van der Waals surface area contributed by atoms with Gasteiger partial charge in [0.2, 0.25) is 5.91 Å². The van der Waals surface area contributed by atoms with E-state index in [4.69, 9.17) is 9.97 Å². The van der Waals surface area contributed by atoms with Crippen molar-refractivity contribution in [2.24, 2.45) is 0 Å². The summed E-state index contributed by atoms with van der Waals surface area (Å²) in [6.07, 6.45) is 2.38. The highest BCUT2D eigenvalue weighted by Gasteiger charge is 2.34. The van der Waals surface area contributed by atoms with Crippen LogP contribution in [-0.4, -0.2) is 48.0 Å². The maximum absolute atomic E-state index is 14.6. The third kappa shape index (κ3) is 9.88. The molecule has 7 aromatic rings. The van der Waals surface area contributed by atoms with Gasteiger partial charge in [-0.2, -0.15) is 0 Å². The molecule has 10 nitrogen and oxygen atoms in total. The number of amides is 1. The summed E-state index contributed by atoms with van der Waals surface area (Å²) in [5.74, 6) is -2.49. The molecule has 10 heteroatoms. The van der Waals surface area contributed by atoms with Gasteiger partial charge in [0.1, 0.15) is 0 Å². The maximum atomic E-state index is 14.6. The second-order valence-electron chi connectivity index (χ2n) is 20.5. The van der Waals surface area contributed by atoms with E-state index in [0.717, 1.165) is 72.4 Å². The van der Waals surface area contributed by atoms with Gasteiger partial charge in [0.15, 0.2) is 0 Å². The summed E-state index contributed by atoms with van der Waals surface area (Å²) >= 11 is 0. The second kappa shape index (κ2) is 20.8. The van der Waals surface area contributed by atoms with Crippen LogP contribution in [0.25, 0.3) is 72.7 Å². The number of fused-ring (bicyclic) bond motifs is 8. The lowest BCUT2D eigenvalue weighted by Crippen LogP contribution is -2.15. The number of nitrogens with zero attached hydrogens (tertiary/aromatic N) is 2. The Balaban J connectivity index is 1.14. The molecule has 0 unspecified atom stereocenters. The maximum Gasteiger partial charge on any atom is 0.338 e. The standard InChI is InChI=1S/C64H65N5O5/c1-11-47-36(7)52-31-54-38(9)49(62(68-54)51(30-60(71)72)63-61(64(73)74)39(10)55(69-63)33-58-48(12-2)37(8)53(66-58)32-57(47)65-52)27-28-59(70)67-56-29-46(44-19-15-41(16-20-44)35(5)6)25-26-50(56)45-23-21-43(22-24-45)42-17-13-40(14-18-42)34(3)4/h11,13-26,29,31-35,38,49,65,69H,1,12,27-28,30H2,2-10H3,(H,67,70)(H,71,72)(H,73,74)/t38-,49-/m0/s1. The Morgan fingerprint density at radius 1 is 0.703 bits per heavy atom. The highest BCUT2D eigenvalue weighted by molar-refractivity contribution is 6.03. The zero-order valence-corrected chi connectivity index (χ0v) is 43.8. The molecule has 0 aliphatic carbocycles. The summed E-state index contributed by atoms with van der Waals surface area (Å²) in [5, 5.41) is 24.7. The fraction of sp³-hybridized carbons (Fsp3) is 0.266. The van der Waals surface area contributed by atoms with Crippen molar-refractivity contribution in [3.8, 4) is 33.4 Å². The van der Waals surface area contributed by atoms with Crippen molar-refractivity contribution < 1.29 is 24.6 Å². The first-order valence-corrected chi connectivity index (χ1v) is 25.7. The Morgan fingerprint density at radius 2 is 1.27 bits per heavy atom. The number of nitrogens with one attached hydrogen (secondary N) is 3. The first kappa shape index (κ1) is 50.8. The number of allylic oxidation sites excluding steroid dienone is 2. The minimum absolute atomic E-state index is 0.0300. The number of aromatic amines is 2. The van der Waals surface area contributed by atoms with Gasteiger partial charge in [0.25, 0.3) is 0 Å². The smallest absolute Gasteiger partial charge is 0.338 e. The molecule has 8 bridgehead atoms. The van der Waals surface area contributed by atoms with Crippen LogP contribution in [0.4, 0.5) is 5.69 Å². The van der Waals surface area contributed by atoms with E-state index in [1.54, 1.807) is 6.92 Å². The van der Waals surface area contributed by atoms with Crippen LogP contribution >= 0.6 is 0 Å². The Kier molecular flexibility index (Phi) is 14.3. The molecule has 0 saturated heterocycles. The quantitative estimate of drug-likeness (QED) is 0.0725. The van der Waals surface area contributed by atoms with Gasteiger partial charge in [-0.15, -0.1) is 0 Å². The average Bonchev–Trinajstić information content (AvgIpc) is 4.07. The molecule has 74 heavy (non-hydrogen) atoms. The van der Waals surface area contributed by atoms with Gasteiger partial charge >= 0.3 is 11.9 Å². The number of hydrogen-bond donors (Lipinski definition) is 5. The van der Waals surface area contributed by atoms with Gasteiger partial charge in [-0.25, -0.2) is 9.78 Å². The normalized spacial score (nSPS) is 14.5. The number of carbonyl (C=O) groups excluding carboxylic acids is 1. The largest absolute Gasteiger partial charge is 0.481 e. The van der Waals surface area contributed by atoms with Crippen LogP contribution in [0.5, 0.6) is 0 Å². The van der Waals surface area contributed by atoms with E-state index < -0.39 is 24.3 Å². The van der Waals surface area contributed by atoms with E-state index in [1.165, 1.54) is 11.1 Å². The van der Waals surface area contributed by atoms with E-state index in [2.05, 4.69) is 141 Å². The monoisotopic (exact) mass is 983 g/mol. The van der Waals surface area contributed by atoms with E-state index >= 15 is 0 Å². The molecule has 0 spiro atoms. The van der Waals surface area contributed by atoms with Crippen molar-refractivity contribution in [2.75, 3.05) is 5.32 Å². The summed E-state index contributed by atoms with van der Waals surface area (Å²) in [4.78, 5) is 58.1. The van der Waals surface area contributed by atoms with Crippen molar-refractivity contribution in [1.29, 1.82) is 0 Å². The van der Waals surface area contributed by atoms with Gasteiger partial charge in [0, 0.05) is 62.9 Å². The minimum Gasteiger partial charge on any atom is -0.481 e. The predicted octanol–water partition coefficient (Wildman–Crippen LogP) is 15.8. The van der Waals surface area contributed by atoms with Gasteiger partial charge in [-0.05, 0) is 131 Å². The third-order valence-electron chi connectivity index (χ3n) is 15.3. The van der Waals surface area contributed by atoms with Gasteiger partial charge in [-0.1, -0.05) is 139 Å². The van der Waals surface area contributed by atoms with Gasteiger partial charge < -0.3 is 25.5 Å². The van der Waals surface area contributed by atoms with Crippen LogP contribution in [-0.2, 0) is 16.0 Å². The highest BCUT2D eigenvalue weighted by Crippen LogP contribution is 2.44. The lowest BCUT2D eigenvalue weighted by atomic mass is 9.85. The van der Waals surface area contributed by atoms with Gasteiger partial charge in [0.05, 0.1) is 34.6 Å². The number of aromatic carboxylic acids is 1. The molecule has 0 fully saturated rings. The molecule has 5 heterocycles. The molecule has 1 amide bonds. The summed E-state index contributed by atoms with van der Waals surface area (Å²) < 4.78 is 0. The van der Waals surface area contributed by atoms with Crippen molar-refractivity contribution in [3.63, 3.8) is 0 Å². The molecular weight excluding hydrogens is 919 g/mol. The average molecular weight is 984 g/mol. The van der Waals surface area contributed by atoms with Crippen LogP contribution < -0.4 is 5.32 Å². The van der Waals surface area contributed by atoms with Crippen molar-refractivity contribution >= 4 is 62.8 Å². The molecule has 0 radical (unpaired) electrons. The lowest BCUT2D eigenvalue weighted by molar-refractivity contribution is -0.136. The van der Waals surface area contributed by atoms with Crippen LogP contribution in [0.3, 0.4) is 0 Å². The first-order chi connectivity index (χ1) is 35.4. The number of anilines is 1. The Morgan fingerprint density at radius 3 is 1.85 bits per heavy atom. The Labute approximate surface area is 433 Å². The molecule has 2 atom stereocenters. The number of hydrogen-bond acceptors (Lipinski definition) is 5. The zero-order valence-electron chi connectivity index (χ0n) is 43.8. The van der Waals surface area contributed by atoms with Gasteiger partial charge in [-0.3, -0.25) is 14.6 Å². The zero-order chi connectivity index (χ0) is 52.7. The number of carboxylic acid groups (broad SMARTS) is 2. The number of H-pyrrole nitrogens is 2. The van der Waals surface area contributed by atoms with Crippen molar-refractivity contribution in [2.45, 2.75) is 112 Å². The fourth-order valence-corrected chi connectivity index (χ4v) is 10.8. The Hall–Kier alpha value is -8.11. The molecule has 4 aromatic carbocycles. The van der Waals surface area contributed by atoms with E-state index in [9.17, 15) is 24.6 Å². The van der Waals surface area contributed by atoms with Crippen LogP contribution in [0, 0.1) is 13.8 Å². The summed E-state index contributed by atoms with van der Waals surface area (Å²) in [5.41, 5.74) is 18.7. The van der Waals surface area contributed by atoms with E-state index in [0.29, 0.717) is 58.5 Å². The number of aliphatic carboxylic acids is 1. The number of carbonyl (C=O) groups is 3. The third-order valence-corrected chi connectivity index (χ3v) is 15.3. The summed E-state index contributed by atoms with van der Waals surface area (Å²) in [7, 11) is 0. The Bertz CT molecular complexity index is 3570. The van der Waals surface area contributed by atoms with E-state index in [-0.39, 0.29) is 34.9 Å². The molecule has 2 aliphatic heterocycles. The molecule has 0 saturated carbocycles. The fourth-order valence-electron chi connectivity index (χ4n) is 10.8.